The van der Waals surface area contributed by atoms with Gasteiger partial charge in [-0.3, -0.25) is 9.59 Å². The number of hydrogen-bond acceptors (Lipinski definition) is 2. The number of para-hydroxylation sites is 1. The summed E-state index contributed by atoms with van der Waals surface area (Å²) in [5, 5.41) is 12.3. The van der Waals surface area contributed by atoms with Gasteiger partial charge in [0.05, 0.1) is 11.8 Å². The van der Waals surface area contributed by atoms with Crippen LogP contribution in [0, 0.1) is 11.8 Å². The van der Waals surface area contributed by atoms with Gasteiger partial charge < -0.3 is 10.4 Å². The lowest BCUT2D eigenvalue weighted by Gasteiger charge is -2.25. The van der Waals surface area contributed by atoms with Crippen molar-refractivity contribution in [1.29, 1.82) is 0 Å². The maximum absolute atomic E-state index is 12.6. The van der Waals surface area contributed by atoms with Crippen LogP contribution >= 0.6 is 0 Å². The van der Waals surface area contributed by atoms with Crippen LogP contribution in [0.3, 0.4) is 0 Å². The first-order chi connectivity index (χ1) is 10.6. The van der Waals surface area contributed by atoms with Gasteiger partial charge in [-0.25, -0.2) is 0 Å². The summed E-state index contributed by atoms with van der Waals surface area (Å²) in [4.78, 5) is 24.0. The van der Waals surface area contributed by atoms with Gasteiger partial charge in [-0.15, -0.1) is 0 Å². The van der Waals surface area contributed by atoms with Crippen LogP contribution in [0.25, 0.3) is 0 Å². The summed E-state index contributed by atoms with van der Waals surface area (Å²) in [7, 11) is 0. The second-order valence-electron chi connectivity index (χ2n) is 5.64. The van der Waals surface area contributed by atoms with E-state index >= 15 is 0 Å². The highest BCUT2D eigenvalue weighted by molar-refractivity contribution is 5.96. The Morgan fingerprint density at radius 3 is 2.14 bits per heavy atom. The Bertz CT molecular complexity index is 570. The van der Waals surface area contributed by atoms with E-state index in [4.69, 9.17) is 0 Å². The lowest BCUT2D eigenvalue weighted by molar-refractivity contribution is -0.146. The lowest BCUT2D eigenvalue weighted by atomic mass is 9.82. The summed E-state index contributed by atoms with van der Waals surface area (Å²) in [6.45, 7) is 4.10. The number of carboxylic acid groups (broad SMARTS) is 1. The molecule has 22 heavy (non-hydrogen) atoms. The molecule has 1 aromatic rings. The minimum Gasteiger partial charge on any atom is -0.481 e. The number of rotatable bonds is 5. The Morgan fingerprint density at radius 1 is 1.09 bits per heavy atom. The predicted molar refractivity (Wildman–Crippen MR) is 86.8 cm³/mol. The predicted octanol–water partition coefficient (Wildman–Crippen LogP) is 3.42. The molecule has 0 spiro atoms. The normalized spacial score (nSPS) is 20.6. The van der Waals surface area contributed by atoms with E-state index < -0.39 is 17.8 Å². The molecule has 0 unspecified atom stereocenters. The lowest BCUT2D eigenvalue weighted by Crippen LogP contribution is -2.35. The Hall–Kier alpha value is -2.10. The molecule has 2 N–H and O–H groups in total. The maximum atomic E-state index is 12.6. The molecule has 4 heteroatoms. The van der Waals surface area contributed by atoms with Crippen LogP contribution in [0.4, 0.5) is 5.69 Å². The number of hydrogen-bond donors (Lipinski definition) is 2. The molecule has 0 saturated heterocycles. The highest BCUT2D eigenvalue weighted by Gasteiger charge is 2.34. The third-order valence-corrected chi connectivity index (χ3v) is 4.33. The quantitative estimate of drug-likeness (QED) is 0.819. The third kappa shape index (κ3) is 3.38. The number of aliphatic carboxylic acids is 1. The fraction of sp³-hybridized carbons (Fsp3) is 0.444. The summed E-state index contributed by atoms with van der Waals surface area (Å²) in [5.41, 5.74) is 3.04. The Morgan fingerprint density at radius 2 is 1.64 bits per heavy atom. The van der Waals surface area contributed by atoms with E-state index in [0.29, 0.717) is 12.8 Å². The van der Waals surface area contributed by atoms with Gasteiger partial charge in [-0.05, 0) is 36.8 Å². The fourth-order valence-corrected chi connectivity index (χ4v) is 3.00. The Kier molecular flexibility index (Phi) is 5.36. The van der Waals surface area contributed by atoms with E-state index in [1.807, 2.05) is 44.2 Å². The van der Waals surface area contributed by atoms with Crippen molar-refractivity contribution in [2.24, 2.45) is 11.8 Å². The van der Waals surface area contributed by atoms with Gasteiger partial charge in [0.1, 0.15) is 0 Å². The summed E-state index contributed by atoms with van der Waals surface area (Å²) >= 11 is 0. The van der Waals surface area contributed by atoms with E-state index in [9.17, 15) is 14.7 Å². The van der Waals surface area contributed by atoms with Crippen LogP contribution in [0.5, 0.6) is 0 Å². The van der Waals surface area contributed by atoms with Gasteiger partial charge in [0.2, 0.25) is 5.91 Å². The summed E-state index contributed by atoms with van der Waals surface area (Å²) in [6.07, 6.45) is 6.31. The summed E-state index contributed by atoms with van der Waals surface area (Å²) < 4.78 is 0. The molecule has 0 aliphatic heterocycles. The van der Waals surface area contributed by atoms with Crippen LogP contribution in [0.15, 0.2) is 30.4 Å². The largest absolute Gasteiger partial charge is 0.481 e. The van der Waals surface area contributed by atoms with Crippen molar-refractivity contribution in [1.82, 2.24) is 0 Å². The van der Waals surface area contributed by atoms with Crippen LogP contribution in [0.2, 0.25) is 0 Å². The Balaban J connectivity index is 2.25. The van der Waals surface area contributed by atoms with Crippen LogP contribution in [-0.2, 0) is 22.4 Å². The molecule has 2 rings (SSSR count). The van der Waals surface area contributed by atoms with Crippen molar-refractivity contribution < 1.29 is 14.7 Å². The van der Waals surface area contributed by atoms with Gasteiger partial charge in [0, 0.05) is 5.69 Å². The highest BCUT2D eigenvalue weighted by atomic mass is 16.4. The van der Waals surface area contributed by atoms with Crippen molar-refractivity contribution in [2.75, 3.05) is 5.32 Å². The number of amides is 1. The number of aryl methyl sites for hydroxylation is 2. The highest BCUT2D eigenvalue weighted by Crippen LogP contribution is 2.29. The van der Waals surface area contributed by atoms with Crippen LogP contribution in [0.1, 0.15) is 37.8 Å². The molecule has 1 aromatic carbocycles. The average molecular weight is 301 g/mol. The van der Waals surface area contributed by atoms with Gasteiger partial charge in [-0.2, -0.15) is 0 Å². The summed E-state index contributed by atoms with van der Waals surface area (Å²) in [6, 6.07) is 6.01. The summed E-state index contributed by atoms with van der Waals surface area (Å²) in [5.74, 6) is -2.22. The van der Waals surface area contributed by atoms with Crippen molar-refractivity contribution in [3.05, 3.63) is 41.5 Å². The number of allylic oxidation sites excluding steroid dienone is 2. The molecule has 0 heterocycles. The molecule has 1 aliphatic carbocycles. The first kappa shape index (κ1) is 16.3. The van der Waals surface area contributed by atoms with Crippen molar-refractivity contribution >= 4 is 17.6 Å². The molecular weight excluding hydrogens is 278 g/mol. The topological polar surface area (TPSA) is 66.4 Å². The van der Waals surface area contributed by atoms with E-state index in [-0.39, 0.29) is 5.91 Å². The molecule has 118 valence electrons. The fourth-order valence-electron chi connectivity index (χ4n) is 3.00. The van der Waals surface area contributed by atoms with E-state index in [0.717, 1.165) is 29.7 Å². The monoisotopic (exact) mass is 301 g/mol. The molecule has 2 atom stereocenters. The third-order valence-electron chi connectivity index (χ3n) is 4.33. The molecule has 1 amide bonds. The molecule has 0 saturated carbocycles. The number of carbonyl (C=O) groups is 2. The molecule has 0 fully saturated rings. The second-order valence-corrected chi connectivity index (χ2v) is 5.64. The van der Waals surface area contributed by atoms with Crippen molar-refractivity contribution in [2.45, 2.75) is 39.5 Å². The molecule has 1 aliphatic rings. The van der Waals surface area contributed by atoms with Gasteiger partial charge >= 0.3 is 5.97 Å². The first-order valence-corrected chi connectivity index (χ1v) is 7.87. The zero-order chi connectivity index (χ0) is 16.1. The van der Waals surface area contributed by atoms with Crippen molar-refractivity contribution in [3.63, 3.8) is 0 Å². The van der Waals surface area contributed by atoms with Crippen LogP contribution in [-0.4, -0.2) is 17.0 Å². The minimum absolute atomic E-state index is 0.188. The molecule has 4 nitrogen and oxygen atoms in total. The number of nitrogens with one attached hydrogen (secondary N) is 1. The zero-order valence-electron chi connectivity index (χ0n) is 13.1. The zero-order valence-corrected chi connectivity index (χ0v) is 13.1. The Labute approximate surface area is 131 Å². The van der Waals surface area contributed by atoms with Gasteiger partial charge in [0.25, 0.3) is 0 Å². The first-order valence-electron chi connectivity index (χ1n) is 7.87. The standard InChI is InChI=1S/C18H23NO3/c1-3-12-8-7-9-13(4-2)16(12)19-17(20)14-10-5-6-11-15(14)18(21)22/h5-9,14-15H,3-4,10-11H2,1-2H3,(H,19,20)(H,21,22)/t14-,15+/m1/s1. The van der Waals surface area contributed by atoms with E-state index in [1.165, 1.54) is 0 Å². The average Bonchev–Trinajstić information content (AvgIpc) is 2.54. The van der Waals surface area contributed by atoms with Crippen molar-refractivity contribution in [3.8, 4) is 0 Å². The van der Waals surface area contributed by atoms with E-state index in [1.54, 1.807) is 0 Å². The maximum Gasteiger partial charge on any atom is 0.307 e. The SMILES string of the molecule is CCc1cccc(CC)c1NC(=O)[C@@H]1CC=CC[C@@H]1C(=O)O. The molecule has 0 bridgehead atoms. The van der Waals surface area contributed by atoms with Gasteiger partial charge in [0.15, 0.2) is 0 Å². The van der Waals surface area contributed by atoms with E-state index in [2.05, 4.69) is 5.32 Å². The molecular formula is C18H23NO3. The van der Waals surface area contributed by atoms with Gasteiger partial charge in [-0.1, -0.05) is 44.2 Å². The smallest absolute Gasteiger partial charge is 0.307 e. The second kappa shape index (κ2) is 7.25. The number of carboxylic acids is 1. The minimum atomic E-state index is -0.899. The number of anilines is 1. The van der Waals surface area contributed by atoms with Crippen LogP contribution < -0.4 is 5.32 Å². The molecule has 0 aromatic heterocycles. The number of carbonyl (C=O) groups excluding carboxylic acids is 1. The molecule has 0 radical (unpaired) electrons. The number of benzene rings is 1.